The largest absolute Gasteiger partial charge is 0.454 e. The SMILES string of the molecule is O=C(COC(=O)c1cccnc1SC(F)F)c1ccc2c(c1)CCCC2. The second kappa shape index (κ2) is 8.40. The molecule has 0 fully saturated rings. The van der Waals surface area contributed by atoms with Gasteiger partial charge in [0.15, 0.2) is 12.4 Å². The van der Waals surface area contributed by atoms with Gasteiger partial charge in [0.05, 0.1) is 5.56 Å². The number of hydrogen-bond acceptors (Lipinski definition) is 5. The summed E-state index contributed by atoms with van der Waals surface area (Å²) in [5.74, 6) is -3.86. The van der Waals surface area contributed by atoms with E-state index in [1.54, 1.807) is 6.07 Å². The Bertz CT molecular complexity index is 826. The first-order chi connectivity index (χ1) is 12.5. The Morgan fingerprint density at radius 1 is 1.15 bits per heavy atom. The zero-order valence-corrected chi connectivity index (χ0v) is 14.7. The van der Waals surface area contributed by atoms with E-state index in [2.05, 4.69) is 4.98 Å². The molecule has 0 aliphatic heterocycles. The molecule has 1 aromatic carbocycles. The molecule has 7 heteroatoms. The third-order valence-corrected chi connectivity index (χ3v) is 4.92. The van der Waals surface area contributed by atoms with Crippen molar-refractivity contribution in [3.05, 3.63) is 58.8 Å². The highest BCUT2D eigenvalue weighted by Gasteiger charge is 2.19. The topological polar surface area (TPSA) is 56.3 Å². The van der Waals surface area contributed by atoms with E-state index in [9.17, 15) is 18.4 Å². The minimum atomic E-state index is -2.70. The van der Waals surface area contributed by atoms with E-state index in [0.29, 0.717) is 5.56 Å². The van der Waals surface area contributed by atoms with Crippen LogP contribution in [0, 0.1) is 0 Å². The highest BCUT2D eigenvalue weighted by atomic mass is 32.2. The summed E-state index contributed by atoms with van der Waals surface area (Å²) in [6, 6.07) is 8.35. The van der Waals surface area contributed by atoms with E-state index < -0.39 is 18.3 Å². The number of pyridine rings is 1. The van der Waals surface area contributed by atoms with Crippen LogP contribution in [0.4, 0.5) is 8.78 Å². The fourth-order valence-electron chi connectivity index (χ4n) is 2.92. The fraction of sp³-hybridized carbons (Fsp3) is 0.316. The first-order valence-corrected chi connectivity index (χ1v) is 9.14. The standard InChI is InChI=1S/C19H17F2NO3S/c20-19(21)26-17-15(6-3-9-22-17)18(24)25-11-16(23)14-8-7-12-4-1-2-5-13(12)10-14/h3,6-10,19H,1-2,4-5,11H2. The Labute approximate surface area is 154 Å². The number of fused-ring (bicyclic) bond motifs is 1. The van der Waals surface area contributed by atoms with Gasteiger partial charge in [-0.05, 0) is 66.8 Å². The highest BCUT2D eigenvalue weighted by molar-refractivity contribution is 7.99. The number of thioether (sulfide) groups is 1. The first-order valence-electron chi connectivity index (χ1n) is 8.26. The Balaban J connectivity index is 1.65. The second-order valence-electron chi connectivity index (χ2n) is 5.92. The van der Waals surface area contributed by atoms with Crippen molar-refractivity contribution in [1.82, 2.24) is 4.98 Å². The van der Waals surface area contributed by atoms with Crippen molar-refractivity contribution in [3.63, 3.8) is 0 Å². The molecule has 136 valence electrons. The summed E-state index contributed by atoms with van der Waals surface area (Å²) in [5, 5.41) is -0.117. The molecule has 3 rings (SSSR count). The number of aromatic nitrogens is 1. The number of ketones is 1. The average molecular weight is 377 g/mol. The molecule has 0 spiro atoms. The molecule has 0 amide bonds. The van der Waals surface area contributed by atoms with Gasteiger partial charge >= 0.3 is 5.97 Å². The molecular weight excluding hydrogens is 360 g/mol. The van der Waals surface area contributed by atoms with Crippen LogP contribution in [0.3, 0.4) is 0 Å². The Kier molecular flexibility index (Phi) is 5.98. The molecule has 1 heterocycles. The van der Waals surface area contributed by atoms with Crippen molar-refractivity contribution in [2.75, 3.05) is 6.61 Å². The van der Waals surface area contributed by atoms with Crippen molar-refractivity contribution in [2.45, 2.75) is 36.5 Å². The predicted octanol–water partition coefficient (Wildman–Crippen LogP) is 4.31. The maximum Gasteiger partial charge on any atom is 0.341 e. The van der Waals surface area contributed by atoms with Crippen LogP contribution in [0.15, 0.2) is 41.6 Å². The van der Waals surface area contributed by atoms with Crippen molar-refractivity contribution in [1.29, 1.82) is 0 Å². The van der Waals surface area contributed by atoms with Crippen molar-refractivity contribution in [3.8, 4) is 0 Å². The lowest BCUT2D eigenvalue weighted by molar-refractivity contribution is 0.0470. The van der Waals surface area contributed by atoms with Gasteiger partial charge < -0.3 is 4.74 Å². The molecule has 0 saturated heterocycles. The molecule has 0 saturated carbocycles. The summed E-state index contributed by atoms with van der Waals surface area (Å²) >= 11 is 0.169. The number of carbonyl (C=O) groups excluding carboxylic acids is 2. The van der Waals surface area contributed by atoms with Crippen molar-refractivity contribution >= 4 is 23.5 Å². The van der Waals surface area contributed by atoms with Crippen LogP contribution in [-0.4, -0.2) is 29.1 Å². The zero-order chi connectivity index (χ0) is 18.5. The summed E-state index contributed by atoms with van der Waals surface area (Å²) in [5.41, 5.74) is 2.84. The number of aryl methyl sites for hydroxylation is 2. The van der Waals surface area contributed by atoms with Crippen LogP contribution < -0.4 is 0 Å². The van der Waals surface area contributed by atoms with E-state index in [1.807, 2.05) is 12.1 Å². The predicted molar refractivity (Wildman–Crippen MR) is 93.8 cm³/mol. The number of rotatable bonds is 6. The van der Waals surface area contributed by atoms with Gasteiger partial charge in [0.2, 0.25) is 0 Å². The summed E-state index contributed by atoms with van der Waals surface area (Å²) in [6.45, 7) is -0.439. The first kappa shape index (κ1) is 18.5. The fourth-order valence-corrected chi connectivity index (χ4v) is 3.49. The third kappa shape index (κ3) is 4.46. The molecule has 1 aliphatic rings. The Hall–Kier alpha value is -2.28. The Morgan fingerprint density at radius 2 is 1.92 bits per heavy atom. The second-order valence-corrected chi connectivity index (χ2v) is 6.90. The van der Waals surface area contributed by atoms with Crippen molar-refractivity contribution < 1.29 is 23.1 Å². The number of alkyl halides is 2. The lowest BCUT2D eigenvalue weighted by Crippen LogP contribution is -2.16. The quantitative estimate of drug-likeness (QED) is 0.426. The number of esters is 1. The molecule has 0 radical (unpaired) electrons. The zero-order valence-electron chi connectivity index (χ0n) is 13.9. The summed E-state index contributed by atoms with van der Waals surface area (Å²) in [4.78, 5) is 28.2. The van der Waals surface area contributed by atoms with E-state index in [0.717, 1.165) is 31.2 Å². The molecule has 1 aromatic heterocycles. The van der Waals surface area contributed by atoms with E-state index in [1.165, 1.54) is 23.9 Å². The van der Waals surface area contributed by atoms with Crippen LogP contribution in [0.1, 0.15) is 44.7 Å². The molecule has 1 aliphatic carbocycles. The van der Waals surface area contributed by atoms with E-state index >= 15 is 0 Å². The molecule has 2 aromatic rings. The Morgan fingerprint density at radius 3 is 2.69 bits per heavy atom. The molecule has 0 unspecified atom stereocenters. The maximum atomic E-state index is 12.6. The summed E-state index contributed by atoms with van der Waals surface area (Å²) < 4.78 is 30.1. The van der Waals surface area contributed by atoms with E-state index in [4.69, 9.17) is 4.74 Å². The monoisotopic (exact) mass is 377 g/mol. The minimum Gasteiger partial charge on any atom is -0.454 e. The molecular formula is C19H17F2NO3S. The van der Waals surface area contributed by atoms with Gasteiger partial charge in [0.1, 0.15) is 5.03 Å². The van der Waals surface area contributed by atoms with Crippen LogP contribution in [0.5, 0.6) is 0 Å². The molecule has 0 atom stereocenters. The third-order valence-electron chi connectivity index (χ3n) is 4.20. The number of hydrogen-bond donors (Lipinski definition) is 0. The average Bonchev–Trinajstić information content (AvgIpc) is 2.65. The molecule has 4 nitrogen and oxygen atoms in total. The number of Topliss-reactive ketones (excluding diaryl/α,β-unsaturated/α-hetero) is 1. The van der Waals surface area contributed by atoms with Gasteiger partial charge in [0.25, 0.3) is 5.76 Å². The maximum absolute atomic E-state index is 12.6. The number of nitrogens with zero attached hydrogens (tertiary/aromatic N) is 1. The molecule has 0 N–H and O–H groups in total. The smallest absolute Gasteiger partial charge is 0.341 e. The highest BCUT2D eigenvalue weighted by Crippen LogP contribution is 2.27. The van der Waals surface area contributed by atoms with Gasteiger partial charge in [-0.25, -0.2) is 9.78 Å². The van der Waals surface area contributed by atoms with Crippen LogP contribution >= 0.6 is 11.8 Å². The number of benzene rings is 1. The van der Waals surface area contributed by atoms with Gasteiger partial charge in [0, 0.05) is 11.8 Å². The van der Waals surface area contributed by atoms with Gasteiger partial charge in [-0.15, -0.1) is 0 Å². The lowest BCUT2D eigenvalue weighted by Gasteiger charge is -2.16. The lowest BCUT2D eigenvalue weighted by atomic mass is 9.90. The van der Waals surface area contributed by atoms with Crippen LogP contribution in [0.25, 0.3) is 0 Å². The summed E-state index contributed by atoms with van der Waals surface area (Å²) in [6.07, 6.45) is 5.54. The number of halogens is 2. The van der Waals surface area contributed by atoms with E-state index in [-0.39, 0.29) is 28.1 Å². The van der Waals surface area contributed by atoms with Gasteiger partial charge in [-0.1, -0.05) is 12.1 Å². The molecule has 26 heavy (non-hydrogen) atoms. The number of ether oxygens (including phenoxy) is 1. The number of carbonyl (C=O) groups is 2. The molecule has 0 bridgehead atoms. The summed E-state index contributed by atoms with van der Waals surface area (Å²) in [7, 11) is 0. The van der Waals surface area contributed by atoms with Crippen molar-refractivity contribution in [2.24, 2.45) is 0 Å². The van der Waals surface area contributed by atoms with Crippen LogP contribution in [0.2, 0.25) is 0 Å². The van der Waals surface area contributed by atoms with Gasteiger partial charge in [-0.2, -0.15) is 8.78 Å². The minimum absolute atomic E-state index is 0.0731. The van der Waals surface area contributed by atoms with Crippen LogP contribution in [-0.2, 0) is 17.6 Å². The van der Waals surface area contributed by atoms with Gasteiger partial charge in [-0.3, -0.25) is 4.79 Å². The normalized spacial score (nSPS) is 13.3.